The number of hydrogen-bond donors (Lipinski definition) is 1. The van der Waals surface area contributed by atoms with Crippen LogP contribution in [-0.2, 0) is 19.7 Å². The Hall–Kier alpha value is -2.31. The van der Waals surface area contributed by atoms with Crippen LogP contribution in [0.15, 0.2) is 63.7 Å². The number of halogens is 2. The summed E-state index contributed by atoms with van der Waals surface area (Å²) in [6.07, 6.45) is 1.66. The van der Waals surface area contributed by atoms with Gasteiger partial charge in [-0.15, -0.1) is 0 Å². The molecule has 4 nitrogen and oxygen atoms in total. The van der Waals surface area contributed by atoms with Crippen LogP contribution in [0.1, 0.15) is 23.8 Å². The van der Waals surface area contributed by atoms with Crippen LogP contribution in [0, 0.1) is 5.82 Å². The van der Waals surface area contributed by atoms with Crippen molar-refractivity contribution in [1.29, 1.82) is 0 Å². The molecule has 0 saturated carbocycles. The lowest BCUT2D eigenvalue weighted by Gasteiger charge is -2.16. The van der Waals surface area contributed by atoms with E-state index in [1.807, 2.05) is 31.2 Å². The first kappa shape index (κ1) is 19.5. The molecule has 1 aromatic heterocycles. The third kappa shape index (κ3) is 5.34. The monoisotopic (exact) mass is 433 g/mol. The van der Waals surface area contributed by atoms with Gasteiger partial charge in [-0.25, -0.2) is 4.39 Å². The Morgan fingerprint density at radius 1 is 1.07 bits per heavy atom. The van der Waals surface area contributed by atoms with Crippen LogP contribution in [0.4, 0.5) is 4.39 Å². The van der Waals surface area contributed by atoms with Crippen LogP contribution in [0.2, 0.25) is 0 Å². The van der Waals surface area contributed by atoms with Gasteiger partial charge in [0.1, 0.15) is 18.2 Å². The van der Waals surface area contributed by atoms with E-state index in [-0.39, 0.29) is 12.4 Å². The number of benzene rings is 2. The average Bonchev–Trinajstić information content (AvgIpc) is 3.16. The third-order valence-electron chi connectivity index (χ3n) is 3.91. The van der Waals surface area contributed by atoms with E-state index >= 15 is 0 Å². The Labute approximate surface area is 166 Å². The Bertz CT molecular complexity index is 868. The van der Waals surface area contributed by atoms with E-state index in [2.05, 4.69) is 21.2 Å². The maximum atomic E-state index is 13.8. The molecule has 1 heterocycles. The van der Waals surface area contributed by atoms with Crippen LogP contribution < -0.4 is 14.8 Å². The highest BCUT2D eigenvalue weighted by Crippen LogP contribution is 2.37. The molecule has 0 bridgehead atoms. The second-order valence-corrected chi connectivity index (χ2v) is 6.76. The normalized spacial score (nSPS) is 10.8. The van der Waals surface area contributed by atoms with Crippen molar-refractivity contribution in [2.24, 2.45) is 0 Å². The van der Waals surface area contributed by atoms with Gasteiger partial charge in [-0.1, -0.05) is 18.2 Å². The van der Waals surface area contributed by atoms with Gasteiger partial charge in [0.25, 0.3) is 0 Å². The first-order valence-electron chi connectivity index (χ1n) is 8.72. The topological polar surface area (TPSA) is 43.6 Å². The van der Waals surface area contributed by atoms with E-state index in [1.165, 1.54) is 6.07 Å². The van der Waals surface area contributed by atoms with Crippen LogP contribution in [-0.4, -0.2) is 6.61 Å². The molecule has 0 amide bonds. The van der Waals surface area contributed by atoms with E-state index in [1.54, 1.807) is 24.5 Å². The minimum absolute atomic E-state index is 0.126. The lowest BCUT2D eigenvalue weighted by molar-refractivity contribution is 0.264. The van der Waals surface area contributed by atoms with Gasteiger partial charge in [0, 0.05) is 12.1 Å². The molecule has 27 heavy (non-hydrogen) atoms. The summed E-state index contributed by atoms with van der Waals surface area (Å²) >= 11 is 3.55. The van der Waals surface area contributed by atoms with E-state index in [4.69, 9.17) is 13.9 Å². The highest BCUT2D eigenvalue weighted by molar-refractivity contribution is 9.10. The summed E-state index contributed by atoms with van der Waals surface area (Å²) in [5.74, 6) is 1.78. The zero-order valence-electron chi connectivity index (χ0n) is 15.0. The molecule has 0 aliphatic carbocycles. The molecular weight excluding hydrogens is 413 g/mol. The van der Waals surface area contributed by atoms with Crippen molar-refractivity contribution in [2.75, 3.05) is 6.61 Å². The Morgan fingerprint density at radius 3 is 2.67 bits per heavy atom. The Kier molecular flexibility index (Phi) is 6.90. The lowest BCUT2D eigenvalue weighted by atomic mass is 10.2. The van der Waals surface area contributed by atoms with Crippen molar-refractivity contribution in [1.82, 2.24) is 5.32 Å². The average molecular weight is 434 g/mol. The zero-order chi connectivity index (χ0) is 19.1. The summed E-state index contributed by atoms with van der Waals surface area (Å²) in [5, 5.41) is 3.32. The fraction of sp³-hybridized carbons (Fsp3) is 0.238. The molecule has 0 saturated heterocycles. The molecular formula is C21H21BrFNO3. The van der Waals surface area contributed by atoms with Crippen molar-refractivity contribution >= 4 is 15.9 Å². The van der Waals surface area contributed by atoms with Gasteiger partial charge < -0.3 is 19.2 Å². The number of ether oxygens (including phenoxy) is 2. The van der Waals surface area contributed by atoms with Gasteiger partial charge in [0.05, 0.1) is 23.9 Å². The van der Waals surface area contributed by atoms with Gasteiger partial charge in [0.15, 0.2) is 11.5 Å². The van der Waals surface area contributed by atoms with Gasteiger partial charge in [-0.2, -0.15) is 0 Å². The summed E-state index contributed by atoms with van der Waals surface area (Å²) in [6.45, 7) is 3.83. The SMILES string of the molecule is CCOc1cc(CNCc2ccco2)cc(Br)c1OCc1ccccc1F. The van der Waals surface area contributed by atoms with E-state index in [9.17, 15) is 4.39 Å². The fourth-order valence-corrected chi connectivity index (χ4v) is 3.24. The van der Waals surface area contributed by atoms with Gasteiger partial charge >= 0.3 is 0 Å². The van der Waals surface area contributed by atoms with Crippen LogP contribution in [0.3, 0.4) is 0 Å². The summed E-state index contributed by atoms with van der Waals surface area (Å²) in [7, 11) is 0. The molecule has 6 heteroatoms. The smallest absolute Gasteiger partial charge is 0.175 e. The molecule has 142 valence electrons. The highest BCUT2D eigenvalue weighted by atomic mass is 79.9. The molecule has 3 rings (SSSR count). The van der Waals surface area contributed by atoms with Crippen molar-refractivity contribution in [3.63, 3.8) is 0 Å². The summed E-state index contributed by atoms with van der Waals surface area (Å²) in [6, 6.07) is 14.3. The largest absolute Gasteiger partial charge is 0.490 e. The third-order valence-corrected chi connectivity index (χ3v) is 4.50. The Morgan fingerprint density at radius 2 is 1.93 bits per heavy atom. The van der Waals surface area contributed by atoms with E-state index in [0.717, 1.165) is 15.8 Å². The number of hydrogen-bond acceptors (Lipinski definition) is 4. The van der Waals surface area contributed by atoms with Crippen molar-refractivity contribution in [2.45, 2.75) is 26.6 Å². The van der Waals surface area contributed by atoms with E-state index in [0.29, 0.717) is 36.8 Å². The molecule has 2 aromatic carbocycles. The van der Waals surface area contributed by atoms with Gasteiger partial charge in [-0.3, -0.25) is 0 Å². The number of rotatable bonds is 9. The van der Waals surface area contributed by atoms with Crippen LogP contribution >= 0.6 is 15.9 Å². The lowest BCUT2D eigenvalue weighted by Crippen LogP contribution is -2.12. The van der Waals surface area contributed by atoms with E-state index < -0.39 is 0 Å². The van der Waals surface area contributed by atoms with Crippen LogP contribution in [0.25, 0.3) is 0 Å². The summed E-state index contributed by atoms with van der Waals surface area (Å²) in [5.41, 5.74) is 1.53. The highest BCUT2D eigenvalue weighted by Gasteiger charge is 2.13. The predicted octanol–water partition coefficient (Wildman–Crippen LogP) is 5.45. The first-order chi connectivity index (χ1) is 13.2. The molecule has 0 aliphatic heterocycles. The zero-order valence-corrected chi connectivity index (χ0v) is 16.6. The first-order valence-corrected chi connectivity index (χ1v) is 9.51. The Balaban J connectivity index is 1.70. The second kappa shape index (κ2) is 9.58. The molecule has 1 N–H and O–H groups in total. The molecule has 0 aliphatic rings. The van der Waals surface area contributed by atoms with Crippen molar-refractivity contribution in [3.05, 3.63) is 82.0 Å². The van der Waals surface area contributed by atoms with Gasteiger partial charge in [-0.05, 0) is 58.7 Å². The maximum Gasteiger partial charge on any atom is 0.175 e. The molecule has 0 spiro atoms. The van der Waals surface area contributed by atoms with Crippen molar-refractivity contribution < 1.29 is 18.3 Å². The summed E-state index contributed by atoms with van der Waals surface area (Å²) in [4.78, 5) is 0. The van der Waals surface area contributed by atoms with Crippen LogP contribution in [0.5, 0.6) is 11.5 Å². The fourth-order valence-electron chi connectivity index (χ4n) is 2.64. The quantitative estimate of drug-likeness (QED) is 0.487. The maximum absolute atomic E-state index is 13.8. The molecule has 0 atom stereocenters. The number of furan rings is 1. The molecule has 0 unspecified atom stereocenters. The minimum atomic E-state index is -0.287. The number of nitrogens with one attached hydrogen (secondary N) is 1. The molecule has 3 aromatic rings. The standard InChI is InChI=1S/C21H21BrFNO3/c1-2-25-20-11-15(12-24-13-17-7-5-9-26-17)10-18(22)21(20)27-14-16-6-3-4-8-19(16)23/h3-11,24H,2,12-14H2,1H3. The minimum Gasteiger partial charge on any atom is -0.490 e. The molecule has 0 radical (unpaired) electrons. The molecule has 0 fully saturated rings. The predicted molar refractivity (Wildman–Crippen MR) is 105 cm³/mol. The van der Waals surface area contributed by atoms with Crippen molar-refractivity contribution in [3.8, 4) is 11.5 Å². The summed E-state index contributed by atoms with van der Waals surface area (Å²) < 4.78 is 31.5. The second-order valence-electron chi connectivity index (χ2n) is 5.90. The van der Waals surface area contributed by atoms with Gasteiger partial charge in [0.2, 0.25) is 0 Å².